The summed E-state index contributed by atoms with van der Waals surface area (Å²) in [6.07, 6.45) is 2.11. The third kappa shape index (κ3) is 4.78. The summed E-state index contributed by atoms with van der Waals surface area (Å²) in [7, 11) is 3.16. The van der Waals surface area contributed by atoms with E-state index in [2.05, 4.69) is 10.3 Å². The number of pyridine rings is 1. The Bertz CT molecular complexity index is 1140. The molecule has 1 fully saturated rings. The van der Waals surface area contributed by atoms with E-state index in [4.69, 9.17) is 21.1 Å². The number of anilines is 2. The van der Waals surface area contributed by atoms with E-state index in [9.17, 15) is 9.59 Å². The predicted octanol–water partition coefficient (Wildman–Crippen LogP) is 4.88. The number of methoxy groups -OCH3 is 2. The van der Waals surface area contributed by atoms with Crippen molar-refractivity contribution in [2.75, 3.05) is 24.4 Å². The molecule has 8 heteroatoms. The number of amides is 2. The van der Waals surface area contributed by atoms with Gasteiger partial charge in [0.05, 0.1) is 31.2 Å². The number of carbonyl (C=O) groups excluding carboxylic acids is 2. The fraction of sp³-hybridized carbons (Fsp3) is 0.240. The molecule has 7 nitrogen and oxygen atoms in total. The number of aromatic nitrogens is 1. The molecule has 0 unspecified atom stereocenters. The van der Waals surface area contributed by atoms with Crippen molar-refractivity contribution in [3.63, 3.8) is 0 Å². The summed E-state index contributed by atoms with van der Waals surface area (Å²) in [5.41, 5.74) is 1.44. The van der Waals surface area contributed by atoms with Gasteiger partial charge in [-0.2, -0.15) is 0 Å². The van der Waals surface area contributed by atoms with Crippen LogP contribution in [0.4, 0.5) is 11.5 Å². The van der Waals surface area contributed by atoms with Crippen molar-refractivity contribution in [3.8, 4) is 11.5 Å². The van der Waals surface area contributed by atoms with Crippen molar-refractivity contribution in [3.05, 3.63) is 77.4 Å². The van der Waals surface area contributed by atoms with Crippen molar-refractivity contribution >= 4 is 34.9 Å². The first-order chi connectivity index (χ1) is 16.0. The molecule has 170 valence electrons. The fourth-order valence-corrected chi connectivity index (χ4v) is 4.26. The van der Waals surface area contributed by atoms with Crippen LogP contribution < -0.4 is 19.7 Å². The first-order valence-electron chi connectivity index (χ1n) is 10.5. The van der Waals surface area contributed by atoms with E-state index < -0.39 is 12.0 Å². The van der Waals surface area contributed by atoms with Gasteiger partial charge in [0.2, 0.25) is 11.8 Å². The maximum absolute atomic E-state index is 13.4. The number of piperidine rings is 1. The molecule has 0 aliphatic carbocycles. The van der Waals surface area contributed by atoms with E-state index in [1.807, 2.05) is 36.4 Å². The van der Waals surface area contributed by atoms with E-state index in [0.29, 0.717) is 34.4 Å². The number of hydrogen-bond donors (Lipinski definition) is 1. The molecule has 1 N–H and O–H groups in total. The van der Waals surface area contributed by atoms with Crippen LogP contribution in [0.1, 0.15) is 24.4 Å². The van der Waals surface area contributed by atoms with E-state index >= 15 is 0 Å². The Kier molecular flexibility index (Phi) is 6.79. The molecule has 0 radical (unpaired) electrons. The summed E-state index contributed by atoms with van der Waals surface area (Å²) in [6, 6.07) is 17.4. The number of halogens is 1. The molecule has 1 aromatic heterocycles. The highest BCUT2D eigenvalue weighted by Crippen LogP contribution is 2.43. The fourth-order valence-electron chi connectivity index (χ4n) is 4.15. The summed E-state index contributed by atoms with van der Waals surface area (Å²) in [6.45, 7) is 0. The summed E-state index contributed by atoms with van der Waals surface area (Å²) in [5.74, 6) is 0.865. The zero-order valence-corrected chi connectivity index (χ0v) is 19.1. The SMILES string of the molecule is COc1ccc(N2C(=O)CC[C@H](C(=O)Nc3ccc(Cl)cn3)[C@@H]2c2ccccc2OC)cc1. The molecule has 0 spiro atoms. The third-order valence-electron chi connectivity index (χ3n) is 5.72. The van der Waals surface area contributed by atoms with Crippen LogP contribution in [-0.2, 0) is 9.59 Å². The van der Waals surface area contributed by atoms with Gasteiger partial charge in [0.15, 0.2) is 0 Å². The molecule has 2 aromatic carbocycles. The van der Waals surface area contributed by atoms with Crippen LogP contribution in [0.25, 0.3) is 0 Å². The molecule has 1 aliphatic rings. The van der Waals surface area contributed by atoms with Gasteiger partial charge < -0.3 is 19.7 Å². The normalized spacial score (nSPS) is 18.0. The Balaban J connectivity index is 1.76. The number of carbonyl (C=O) groups is 2. The zero-order valence-electron chi connectivity index (χ0n) is 18.3. The number of benzene rings is 2. The van der Waals surface area contributed by atoms with Crippen molar-refractivity contribution < 1.29 is 19.1 Å². The van der Waals surface area contributed by atoms with Crippen LogP contribution >= 0.6 is 11.6 Å². The molecule has 2 atom stereocenters. The highest BCUT2D eigenvalue weighted by atomic mass is 35.5. The van der Waals surface area contributed by atoms with Gasteiger partial charge in [0.25, 0.3) is 0 Å². The van der Waals surface area contributed by atoms with Crippen molar-refractivity contribution in [1.29, 1.82) is 0 Å². The second-order valence-corrected chi connectivity index (χ2v) is 8.08. The number of para-hydroxylation sites is 1. The van der Waals surface area contributed by atoms with E-state index in [0.717, 1.165) is 5.56 Å². The van der Waals surface area contributed by atoms with Crippen LogP contribution in [0.5, 0.6) is 11.5 Å². The van der Waals surface area contributed by atoms with Crippen LogP contribution in [0.2, 0.25) is 5.02 Å². The Morgan fingerprint density at radius 2 is 1.82 bits per heavy atom. The molecule has 1 saturated heterocycles. The van der Waals surface area contributed by atoms with Crippen molar-refractivity contribution in [1.82, 2.24) is 4.98 Å². The van der Waals surface area contributed by atoms with Crippen LogP contribution in [0.15, 0.2) is 66.9 Å². The summed E-state index contributed by atoms with van der Waals surface area (Å²) in [5, 5.41) is 3.35. The number of nitrogens with one attached hydrogen (secondary N) is 1. The minimum absolute atomic E-state index is 0.0651. The Hall–Kier alpha value is -3.58. The van der Waals surface area contributed by atoms with Gasteiger partial charge in [-0.25, -0.2) is 4.98 Å². The first-order valence-corrected chi connectivity index (χ1v) is 10.9. The Labute approximate surface area is 197 Å². The second kappa shape index (κ2) is 9.92. The number of rotatable bonds is 6. The topological polar surface area (TPSA) is 80.8 Å². The van der Waals surface area contributed by atoms with Crippen LogP contribution in [0.3, 0.4) is 0 Å². The second-order valence-electron chi connectivity index (χ2n) is 7.64. The lowest BCUT2D eigenvalue weighted by Crippen LogP contribution is -2.47. The molecule has 4 rings (SSSR count). The number of nitrogens with zero attached hydrogens (tertiary/aromatic N) is 2. The standard InChI is InChI=1S/C25H24ClN3O4/c1-32-18-10-8-17(9-11-18)29-23(30)14-12-20(24(29)19-5-3-4-6-21(19)33-2)25(31)28-22-13-7-16(26)15-27-22/h3-11,13,15,20,24H,12,14H2,1-2H3,(H,27,28,31)/t20-,24-/m0/s1. The van der Waals surface area contributed by atoms with Gasteiger partial charge in [-0.05, 0) is 48.9 Å². The molecular formula is C25H24ClN3O4. The maximum atomic E-state index is 13.4. The third-order valence-corrected chi connectivity index (χ3v) is 5.94. The van der Waals surface area contributed by atoms with Gasteiger partial charge >= 0.3 is 0 Å². The van der Waals surface area contributed by atoms with E-state index in [-0.39, 0.29) is 18.2 Å². The average molecular weight is 466 g/mol. The predicted molar refractivity (Wildman–Crippen MR) is 127 cm³/mol. The van der Waals surface area contributed by atoms with Gasteiger partial charge in [0, 0.05) is 23.9 Å². The lowest BCUT2D eigenvalue weighted by Gasteiger charge is -2.41. The van der Waals surface area contributed by atoms with Crippen LogP contribution in [-0.4, -0.2) is 31.0 Å². The quantitative estimate of drug-likeness (QED) is 0.561. The Morgan fingerprint density at radius 1 is 1.06 bits per heavy atom. The maximum Gasteiger partial charge on any atom is 0.231 e. The van der Waals surface area contributed by atoms with Gasteiger partial charge in [-0.3, -0.25) is 9.59 Å². The summed E-state index contributed by atoms with van der Waals surface area (Å²) >= 11 is 5.92. The molecule has 3 aromatic rings. The molecule has 0 bridgehead atoms. The average Bonchev–Trinajstić information content (AvgIpc) is 2.85. The van der Waals surface area contributed by atoms with E-state index in [1.54, 1.807) is 43.4 Å². The molecular weight excluding hydrogens is 442 g/mol. The molecule has 33 heavy (non-hydrogen) atoms. The summed E-state index contributed by atoms with van der Waals surface area (Å²) in [4.78, 5) is 32.5. The van der Waals surface area contributed by atoms with Crippen molar-refractivity contribution in [2.24, 2.45) is 5.92 Å². The smallest absolute Gasteiger partial charge is 0.231 e. The highest BCUT2D eigenvalue weighted by Gasteiger charge is 2.42. The van der Waals surface area contributed by atoms with Crippen molar-refractivity contribution in [2.45, 2.75) is 18.9 Å². The summed E-state index contributed by atoms with van der Waals surface area (Å²) < 4.78 is 10.9. The number of hydrogen-bond acceptors (Lipinski definition) is 5. The number of ether oxygens (including phenoxy) is 2. The monoisotopic (exact) mass is 465 g/mol. The van der Waals surface area contributed by atoms with Gasteiger partial charge in [-0.15, -0.1) is 0 Å². The highest BCUT2D eigenvalue weighted by molar-refractivity contribution is 6.30. The van der Waals surface area contributed by atoms with Crippen LogP contribution in [0, 0.1) is 5.92 Å². The van der Waals surface area contributed by atoms with Gasteiger partial charge in [0.1, 0.15) is 17.3 Å². The molecule has 2 amide bonds. The first kappa shape index (κ1) is 22.6. The lowest BCUT2D eigenvalue weighted by atomic mass is 9.82. The van der Waals surface area contributed by atoms with Gasteiger partial charge in [-0.1, -0.05) is 29.8 Å². The zero-order chi connectivity index (χ0) is 23.4. The largest absolute Gasteiger partial charge is 0.497 e. The van der Waals surface area contributed by atoms with E-state index in [1.165, 1.54) is 6.20 Å². The minimum Gasteiger partial charge on any atom is -0.497 e. The Morgan fingerprint density at radius 3 is 2.48 bits per heavy atom. The molecule has 0 saturated carbocycles. The molecule has 1 aliphatic heterocycles. The lowest BCUT2D eigenvalue weighted by molar-refractivity contribution is -0.126. The minimum atomic E-state index is -0.567. The molecule has 2 heterocycles.